The van der Waals surface area contributed by atoms with Crippen molar-refractivity contribution in [3.8, 4) is 5.75 Å². The molecule has 1 N–H and O–H groups in total. The lowest BCUT2D eigenvalue weighted by Crippen LogP contribution is -2.18. The van der Waals surface area contributed by atoms with Gasteiger partial charge in [-0.1, -0.05) is 38.0 Å². The molecule has 4 heteroatoms. The predicted octanol–water partition coefficient (Wildman–Crippen LogP) is 3.22. The second-order valence-corrected chi connectivity index (χ2v) is 5.15. The van der Waals surface area contributed by atoms with Gasteiger partial charge in [0.05, 0.1) is 6.61 Å². The number of hydrogen-bond acceptors (Lipinski definition) is 4. The molecule has 118 valence electrons. The van der Waals surface area contributed by atoms with Gasteiger partial charge in [0.2, 0.25) is 0 Å². The second kappa shape index (κ2) is 10.2. The van der Waals surface area contributed by atoms with Crippen LogP contribution in [0.15, 0.2) is 18.2 Å². The van der Waals surface area contributed by atoms with Crippen LogP contribution in [0.3, 0.4) is 0 Å². The Labute approximate surface area is 127 Å². The highest BCUT2D eigenvalue weighted by Gasteiger charge is 2.08. The quantitative estimate of drug-likeness (QED) is 0.531. The molecule has 0 bridgehead atoms. The van der Waals surface area contributed by atoms with Gasteiger partial charge in [0.1, 0.15) is 5.75 Å². The maximum atomic E-state index is 11.6. The van der Waals surface area contributed by atoms with Crippen LogP contribution in [0.5, 0.6) is 5.75 Å². The van der Waals surface area contributed by atoms with Crippen molar-refractivity contribution in [3.63, 3.8) is 0 Å². The minimum atomic E-state index is -0.309. The van der Waals surface area contributed by atoms with Crippen LogP contribution in [0.2, 0.25) is 0 Å². The smallest absolute Gasteiger partial charge is 0.344 e. The molecule has 21 heavy (non-hydrogen) atoms. The fourth-order valence-electron chi connectivity index (χ4n) is 1.90. The minimum Gasteiger partial charge on any atom is -0.482 e. The zero-order valence-corrected chi connectivity index (χ0v) is 13.4. The van der Waals surface area contributed by atoms with Crippen molar-refractivity contribution in [2.45, 2.75) is 46.6 Å². The molecule has 0 aliphatic heterocycles. The van der Waals surface area contributed by atoms with Crippen molar-refractivity contribution in [1.82, 2.24) is 5.32 Å². The van der Waals surface area contributed by atoms with E-state index in [0.717, 1.165) is 43.7 Å². The summed E-state index contributed by atoms with van der Waals surface area (Å²) in [6.45, 7) is 8.39. The summed E-state index contributed by atoms with van der Waals surface area (Å²) in [5.41, 5.74) is 2.26. The third-order valence-electron chi connectivity index (χ3n) is 3.06. The Morgan fingerprint density at radius 1 is 1.24 bits per heavy atom. The number of hydrogen-bond donors (Lipinski definition) is 1. The molecule has 0 aliphatic rings. The van der Waals surface area contributed by atoms with Crippen LogP contribution in [0.1, 0.15) is 44.2 Å². The van der Waals surface area contributed by atoms with Gasteiger partial charge in [-0.05, 0) is 32.4 Å². The van der Waals surface area contributed by atoms with Crippen molar-refractivity contribution in [2.75, 3.05) is 19.8 Å². The second-order valence-electron chi connectivity index (χ2n) is 5.15. The van der Waals surface area contributed by atoms with Crippen molar-refractivity contribution >= 4 is 5.97 Å². The highest BCUT2D eigenvalue weighted by atomic mass is 16.6. The first-order chi connectivity index (χ1) is 10.2. The standard InChI is InChI=1S/C17H27NO3/c1-4-6-10-20-17(19)13-21-16-8-7-14(3)11-15(16)12-18-9-5-2/h7-8,11,18H,4-6,9-10,12-13H2,1-3H3. The lowest BCUT2D eigenvalue weighted by atomic mass is 10.1. The molecule has 0 atom stereocenters. The van der Waals surface area contributed by atoms with Gasteiger partial charge in [-0.2, -0.15) is 0 Å². The number of benzene rings is 1. The number of esters is 1. The molecule has 0 radical (unpaired) electrons. The van der Waals surface area contributed by atoms with E-state index in [1.165, 1.54) is 5.56 Å². The van der Waals surface area contributed by atoms with Gasteiger partial charge < -0.3 is 14.8 Å². The van der Waals surface area contributed by atoms with Crippen molar-refractivity contribution in [1.29, 1.82) is 0 Å². The van der Waals surface area contributed by atoms with Crippen molar-refractivity contribution < 1.29 is 14.3 Å². The summed E-state index contributed by atoms with van der Waals surface area (Å²) in [6, 6.07) is 5.99. The Bertz CT molecular complexity index is 432. The summed E-state index contributed by atoms with van der Waals surface area (Å²) in [4.78, 5) is 11.6. The minimum absolute atomic E-state index is 0.0342. The van der Waals surface area contributed by atoms with Crippen LogP contribution >= 0.6 is 0 Å². The largest absolute Gasteiger partial charge is 0.482 e. The van der Waals surface area contributed by atoms with Gasteiger partial charge in [-0.3, -0.25) is 0 Å². The first kappa shape index (κ1) is 17.5. The van der Waals surface area contributed by atoms with E-state index in [2.05, 4.69) is 25.2 Å². The summed E-state index contributed by atoms with van der Waals surface area (Å²) >= 11 is 0. The van der Waals surface area contributed by atoms with E-state index in [1.807, 2.05) is 19.1 Å². The molecule has 0 heterocycles. The summed E-state index contributed by atoms with van der Waals surface area (Å²) in [5, 5.41) is 3.35. The number of nitrogens with one attached hydrogen (secondary N) is 1. The fourth-order valence-corrected chi connectivity index (χ4v) is 1.90. The maximum Gasteiger partial charge on any atom is 0.344 e. The van der Waals surface area contributed by atoms with Gasteiger partial charge in [0.15, 0.2) is 6.61 Å². The highest BCUT2D eigenvalue weighted by Crippen LogP contribution is 2.20. The predicted molar refractivity (Wildman–Crippen MR) is 84.5 cm³/mol. The van der Waals surface area contributed by atoms with Gasteiger partial charge in [-0.25, -0.2) is 4.79 Å². The van der Waals surface area contributed by atoms with E-state index < -0.39 is 0 Å². The molecule has 1 aromatic carbocycles. The number of aryl methyl sites for hydroxylation is 1. The third kappa shape index (κ3) is 7.14. The fraction of sp³-hybridized carbons (Fsp3) is 0.588. The Morgan fingerprint density at radius 3 is 2.76 bits per heavy atom. The molecule has 0 saturated heterocycles. The van der Waals surface area contributed by atoms with E-state index in [-0.39, 0.29) is 12.6 Å². The lowest BCUT2D eigenvalue weighted by Gasteiger charge is -2.13. The van der Waals surface area contributed by atoms with Gasteiger partial charge in [0, 0.05) is 12.1 Å². The van der Waals surface area contributed by atoms with Crippen molar-refractivity contribution in [2.24, 2.45) is 0 Å². The SMILES string of the molecule is CCCCOC(=O)COc1ccc(C)cc1CNCCC. The normalized spacial score (nSPS) is 10.4. The van der Waals surface area contributed by atoms with Crippen LogP contribution in [0.4, 0.5) is 0 Å². The van der Waals surface area contributed by atoms with E-state index in [0.29, 0.717) is 6.61 Å². The average molecular weight is 293 g/mol. The number of unbranched alkanes of at least 4 members (excludes halogenated alkanes) is 1. The summed E-state index contributed by atoms with van der Waals surface area (Å²) in [6.07, 6.45) is 2.99. The van der Waals surface area contributed by atoms with Crippen LogP contribution in [-0.4, -0.2) is 25.7 Å². The monoisotopic (exact) mass is 293 g/mol. The zero-order chi connectivity index (χ0) is 15.5. The van der Waals surface area contributed by atoms with Gasteiger partial charge in [-0.15, -0.1) is 0 Å². The molecule has 0 aliphatic carbocycles. The Kier molecular flexibility index (Phi) is 8.51. The number of carbonyl (C=O) groups is 1. The zero-order valence-electron chi connectivity index (χ0n) is 13.4. The van der Waals surface area contributed by atoms with Gasteiger partial charge in [0.25, 0.3) is 0 Å². The Balaban J connectivity index is 2.50. The Hall–Kier alpha value is -1.55. The number of rotatable bonds is 10. The molecule has 1 rings (SSSR count). The average Bonchev–Trinajstić information content (AvgIpc) is 2.47. The first-order valence-electron chi connectivity index (χ1n) is 7.76. The molecular formula is C17H27NO3. The number of carbonyl (C=O) groups excluding carboxylic acids is 1. The molecule has 4 nitrogen and oxygen atoms in total. The van der Waals surface area contributed by atoms with E-state index in [4.69, 9.17) is 9.47 Å². The highest BCUT2D eigenvalue weighted by molar-refractivity contribution is 5.71. The number of ether oxygens (including phenoxy) is 2. The summed E-state index contributed by atoms with van der Waals surface area (Å²) in [5.74, 6) is 0.438. The van der Waals surface area contributed by atoms with E-state index >= 15 is 0 Å². The molecule has 0 amide bonds. The topological polar surface area (TPSA) is 47.6 Å². The summed E-state index contributed by atoms with van der Waals surface area (Å²) in [7, 11) is 0. The Morgan fingerprint density at radius 2 is 2.05 bits per heavy atom. The molecule has 0 spiro atoms. The molecule has 0 aromatic heterocycles. The van der Waals surface area contributed by atoms with Crippen molar-refractivity contribution in [3.05, 3.63) is 29.3 Å². The summed E-state index contributed by atoms with van der Waals surface area (Å²) < 4.78 is 10.7. The maximum absolute atomic E-state index is 11.6. The van der Waals surface area contributed by atoms with E-state index in [9.17, 15) is 4.79 Å². The van der Waals surface area contributed by atoms with E-state index in [1.54, 1.807) is 0 Å². The molecule has 1 aromatic rings. The molecule has 0 unspecified atom stereocenters. The molecule has 0 saturated carbocycles. The third-order valence-corrected chi connectivity index (χ3v) is 3.06. The molecule has 0 fully saturated rings. The van der Waals surface area contributed by atoms with Gasteiger partial charge >= 0.3 is 5.97 Å². The lowest BCUT2D eigenvalue weighted by molar-refractivity contribution is -0.146. The van der Waals surface area contributed by atoms with Crippen LogP contribution in [0, 0.1) is 6.92 Å². The van der Waals surface area contributed by atoms with Crippen LogP contribution in [0.25, 0.3) is 0 Å². The van der Waals surface area contributed by atoms with Crippen LogP contribution in [-0.2, 0) is 16.1 Å². The van der Waals surface area contributed by atoms with Crippen LogP contribution < -0.4 is 10.1 Å². The first-order valence-corrected chi connectivity index (χ1v) is 7.76. The molecular weight excluding hydrogens is 266 g/mol.